The van der Waals surface area contributed by atoms with E-state index in [2.05, 4.69) is 36.7 Å². The fraction of sp³-hybridized carbons (Fsp3) is 0.318. The van der Waals surface area contributed by atoms with Crippen LogP contribution in [0.15, 0.2) is 42.5 Å². The standard InChI is InChI=1S/C22H25F2N3O3/c1-22(2,3)15-8-5-13(6-9-15)20(29)26-12-18(28)27-19(21(30)25-4)14-7-10-16(23)17(24)11-14/h5-11,19H,12H2,1-4H3,(H,25,30)(H,26,29)(H,27,28). The van der Waals surface area contributed by atoms with Crippen LogP contribution in [0.5, 0.6) is 0 Å². The van der Waals surface area contributed by atoms with Crippen molar-refractivity contribution < 1.29 is 23.2 Å². The molecular weight excluding hydrogens is 392 g/mol. The maximum Gasteiger partial charge on any atom is 0.251 e. The summed E-state index contributed by atoms with van der Waals surface area (Å²) in [5, 5.41) is 7.24. The van der Waals surface area contributed by atoms with Crippen LogP contribution in [0.4, 0.5) is 8.78 Å². The molecule has 6 nitrogen and oxygen atoms in total. The lowest BCUT2D eigenvalue weighted by Gasteiger charge is -2.19. The summed E-state index contributed by atoms with van der Waals surface area (Å²) in [6, 6.07) is 8.71. The number of benzene rings is 2. The van der Waals surface area contributed by atoms with E-state index >= 15 is 0 Å². The smallest absolute Gasteiger partial charge is 0.251 e. The molecule has 0 heterocycles. The Morgan fingerprint density at radius 1 is 0.967 bits per heavy atom. The molecule has 0 saturated carbocycles. The number of rotatable bonds is 6. The van der Waals surface area contributed by atoms with Gasteiger partial charge in [0.1, 0.15) is 6.04 Å². The summed E-state index contributed by atoms with van der Waals surface area (Å²) in [6.45, 7) is 5.78. The molecule has 2 aromatic carbocycles. The van der Waals surface area contributed by atoms with Gasteiger partial charge in [0.15, 0.2) is 11.6 Å². The van der Waals surface area contributed by atoms with Crippen LogP contribution in [0, 0.1) is 11.6 Å². The molecule has 0 aromatic heterocycles. The Kier molecular flexibility index (Phi) is 7.26. The van der Waals surface area contributed by atoms with Crippen molar-refractivity contribution in [2.75, 3.05) is 13.6 Å². The van der Waals surface area contributed by atoms with Crippen LogP contribution < -0.4 is 16.0 Å². The molecule has 1 unspecified atom stereocenters. The lowest BCUT2D eigenvalue weighted by atomic mass is 9.87. The Hall–Kier alpha value is -3.29. The topological polar surface area (TPSA) is 87.3 Å². The Labute approximate surface area is 174 Å². The summed E-state index contributed by atoms with van der Waals surface area (Å²) < 4.78 is 26.7. The largest absolute Gasteiger partial charge is 0.357 e. The predicted octanol–water partition coefficient (Wildman–Crippen LogP) is 2.60. The predicted molar refractivity (Wildman–Crippen MR) is 109 cm³/mol. The van der Waals surface area contributed by atoms with Crippen molar-refractivity contribution in [3.05, 3.63) is 70.8 Å². The molecule has 0 bridgehead atoms. The molecule has 0 saturated heterocycles. The third-order valence-corrected chi connectivity index (χ3v) is 4.51. The second kappa shape index (κ2) is 9.47. The Morgan fingerprint density at radius 2 is 1.60 bits per heavy atom. The molecule has 0 radical (unpaired) electrons. The van der Waals surface area contributed by atoms with Gasteiger partial charge >= 0.3 is 0 Å². The van der Waals surface area contributed by atoms with Gasteiger partial charge in [0, 0.05) is 12.6 Å². The maximum atomic E-state index is 13.5. The van der Waals surface area contributed by atoms with Gasteiger partial charge in [0.25, 0.3) is 5.91 Å². The van der Waals surface area contributed by atoms with Crippen molar-refractivity contribution in [2.45, 2.75) is 32.2 Å². The average molecular weight is 417 g/mol. The molecular formula is C22H25F2N3O3. The highest BCUT2D eigenvalue weighted by Crippen LogP contribution is 2.22. The first-order chi connectivity index (χ1) is 14.0. The molecule has 0 spiro atoms. The van der Waals surface area contributed by atoms with Crippen LogP contribution in [0.1, 0.15) is 48.3 Å². The third-order valence-electron chi connectivity index (χ3n) is 4.51. The SMILES string of the molecule is CNC(=O)C(NC(=O)CNC(=O)c1ccc(C(C)(C)C)cc1)c1ccc(F)c(F)c1. The molecule has 0 aliphatic heterocycles. The number of carbonyl (C=O) groups is 3. The lowest BCUT2D eigenvalue weighted by Crippen LogP contribution is -2.43. The first-order valence-electron chi connectivity index (χ1n) is 9.37. The molecule has 1 atom stereocenters. The summed E-state index contributed by atoms with van der Waals surface area (Å²) in [7, 11) is 1.35. The molecule has 2 aromatic rings. The second-order valence-corrected chi connectivity index (χ2v) is 7.80. The quantitative estimate of drug-likeness (QED) is 0.675. The number of amides is 3. The summed E-state index contributed by atoms with van der Waals surface area (Å²) in [6.07, 6.45) is 0. The highest BCUT2D eigenvalue weighted by atomic mass is 19.2. The van der Waals surface area contributed by atoms with E-state index in [4.69, 9.17) is 0 Å². The van der Waals surface area contributed by atoms with Gasteiger partial charge in [-0.2, -0.15) is 0 Å². The Bertz CT molecular complexity index is 938. The average Bonchev–Trinajstić information content (AvgIpc) is 2.71. The molecule has 2 rings (SSSR count). The summed E-state index contributed by atoms with van der Waals surface area (Å²) in [4.78, 5) is 36.6. The monoisotopic (exact) mass is 417 g/mol. The van der Waals surface area contributed by atoms with Gasteiger partial charge in [-0.05, 0) is 40.8 Å². The highest BCUT2D eigenvalue weighted by Gasteiger charge is 2.23. The minimum atomic E-state index is -1.24. The van der Waals surface area contributed by atoms with Crippen LogP contribution in [0.2, 0.25) is 0 Å². The molecule has 0 aliphatic rings. The van der Waals surface area contributed by atoms with Crippen molar-refractivity contribution >= 4 is 17.7 Å². The van der Waals surface area contributed by atoms with Crippen molar-refractivity contribution in [1.29, 1.82) is 0 Å². The number of carbonyl (C=O) groups excluding carboxylic acids is 3. The summed E-state index contributed by atoms with van der Waals surface area (Å²) >= 11 is 0. The maximum absolute atomic E-state index is 13.5. The fourth-order valence-corrected chi connectivity index (χ4v) is 2.73. The molecule has 0 fully saturated rings. The van der Waals surface area contributed by atoms with Crippen LogP contribution in [-0.4, -0.2) is 31.3 Å². The van der Waals surface area contributed by atoms with Gasteiger partial charge in [-0.25, -0.2) is 8.78 Å². The Balaban J connectivity index is 2.02. The zero-order valence-corrected chi connectivity index (χ0v) is 17.3. The number of likely N-dealkylation sites (N-methyl/N-ethyl adjacent to an activating group) is 1. The zero-order valence-electron chi connectivity index (χ0n) is 17.3. The van der Waals surface area contributed by atoms with Crippen molar-refractivity contribution in [3.63, 3.8) is 0 Å². The molecule has 0 aliphatic carbocycles. The number of hydrogen-bond donors (Lipinski definition) is 3. The van der Waals surface area contributed by atoms with Crippen LogP contribution in [-0.2, 0) is 15.0 Å². The van der Waals surface area contributed by atoms with Gasteiger partial charge in [-0.15, -0.1) is 0 Å². The van der Waals surface area contributed by atoms with Crippen LogP contribution >= 0.6 is 0 Å². The fourth-order valence-electron chi connectivity index (χ4n) is 2.73. The molecule has 160 valence electrons. The van der Waals surface area contributed by atoms with E-state index < -0.39 is 41.9 Å². The Morgan fingerprint density at radius 3 is 2.13 bits per heavy atom. The van der Waals surface area contributed by atoms with E-state index in [0.717, 1.165) is 17.7 Å². The van der Waals surface area contributed by atoms with E-state index in [1.54, 1.807) is 12.1 Å². The van der Waals surface area contributed by atoms with E-state index in [1.165, 1.54) is 13.1 Å². The summed E-state index contributed by atoms with van der Waals surface area (Å²) in [5.74, 6) is -3.92. The van der Waals surface area contributed by atoms with E-state index in [1.807, 2.05) is 12.1 Å². The van der Waals surface area contributed by atoms with E-state index in [0.29, 0.717) is 5.56 Å². The van der Waals surface area contributed by atoms with E-state index in [-0.39, 0.29) is 11.0 Å². The van der Waals surface area contributed by atoms with Crippen molar-refractivity contribution in [2.24, 2.45) is 0 Å². The molecule has 30 heavy (non-hydrogen) atoms. The number of halogens is 2. The van der Waals surface area contributed by atoms with E-state index in [9.17, 15) is 23.2 Å². The van der Waals surface area contributed by atoms with Gasteiger partial charge in [0.2, 0.25) is 11.8 Å². The first-order valence-corrected chi connectivity index (χ1v) is 9.37. The number of nitrogens with one attached hydrogen (secondary N) is 3. The third kappa shape index (κ3) is 5.85. The van der Waals surface area contributed by atoms with Crippen LogP contribution in [0.3, 0.4) is 0 Å². The van der Waals surface area contributed by atoms with Crippen molar-refractivity contribution in [1.82, 2.24) is 16.0 Å². The first kappa shape index (κ1) is 23.0. The molecule has 3 amide bonds. The van der Waals surface area contributed by atoms with Gasteiger partial charge < -0.3 is 16.0 Å². The van der Waals surface area contributed by atoms with Gasteiger partial charge in [0.05, 0.1) is 6.54 Å². The lowest BCUT2D eigenvalue weighted by molar-refractivity contribution is -0.128. The second-order valence-electron chi connectivity index (χ2n) is 7.80. The number of hydrogen-bond acceptors (Lipinski definition) is 3. The zero-order chi connectivity index (χ0) is 22.5. The van der Waals surface area contributed by atoms with Crippen molar-refractivity contribution in [3.8, 4) is 0 Å². The molecule has 8 heteroatoms. The summed E-state index contributed by atoms with van der Waals surface area (Å²) in [5.41, 5.74) is 1.48. The normalized spacial score (nSPS) is 12.1. The van der Waals surface area contributed by atoms with Gasteiger partial charge in [-0.1, -0.05) is 39.0 Å². The minimum Gasteiger partial charge on any atom is -0.357 e. The highest BCUT2D eigenvalue weighted by molar-refractivity contribution is 5.97. The van der Waals surface area contributed by atoms with Crippen LogP contribution in [0.25, 0.3) is 0 Å². The molecule has 3 N–H and O–H groups in total. The minimum absolute atomic E-state index is 0.0520. The van der Waals surface area contributed by atoms with Gasteiger partial charge in [-0.3, -0.25) is 14.4 Å².